The van der Waals surface area contributed by atoms with Gasteiger partial charge in [0.2, 0.25) is 0 Å². The summed E-state index contributed by atoms with van der Waals surface area (Å²) in [7, 11) is 0. The van der Waals surface area contributed by atoms with Gasteiger partial charge in [0.25, 0.3) is 5.91 Å². The minimum absolute atomic E-state index is 0.0622. The van der Waals surface area contributed by atoms with E-state index in [0.29, 0.717) is 5.56 Å². The number of thiophene rings is 1. The highest BCUT2D eigenvalue weighted by Gasteiger charge is 2.28. The molecule has 31 heavy (non-hydrogen) atoms. The number of nitrogens with zero attached hydrogens (tertiary/aromatic N) is 1. The second-order valence-electron chi connectivity index (χ2n) is 7.85. The van der Waals surface area contributed by atoms with Crippen LogP contribution in [0.5, 0.6) is 0 Å². The maximum Gasteiger partial charge on any atom is 0.339 e. The van der Waals surface area contributed by atoms with E-state index in [0.717, 1.165) is 53.4 Å². The highest BCUT2D eigenvalue weighted by Crippen LogP contribution is 2.38. The summed E-state index contributed by atoms with van der Waals surface area (Å²) in [4.78, 5) is 31.3. The van der Waals surface area contributed by atoms with E-state index >= 15 is 0 Å². The van der Waals surface area contributed by atoms with Crippen LogP contribution in [0.15, 0.2) is 41.8 Å². The number of esters is 1. The van der Waals surface area contributed by atoms with Crippen molar-refractivity contribution in [3.8, 4) is 0 Å². The second kappa shape index (κ2) is 9.43. The molecule has 6 heteroatoms. The van der Waals surface area contributed by atoms with E-state index < -0.39 is 5.97 Å². The molecule has 2 aromatic heterocycles. The number of aromatic nitrogens is 1. The Kier molecular flexibility index (Phi) is 6.47. The van der Waals surface area contributed by atoms with Crippen LogP contribution < -0.4 is 5.32 Å². The number of amides is 1. The molecule has 0 radical (unpaired) electrons. The number of carbonyl (C=O) groups is 2. The summed E-state index contributed by atoms with van der Waals surface area (Å²) in [5, 5.41) is 5.69. The first-order valence-electron chi connectivity index (χ1n) is 10.7. The third-order valence-corrected chi connectivity index (χ3v) is 6.29. The van der Waals surface area contributed by atoms with Crippen LogP contribution in [0.1, 0.15) is 59.6 Å². The average Bonchev–Trinajstić information content (AvgIpc) is 3.41. The van der Waals surface area contributed by atoms with Crippen LogP contribution in [0.2, 0.25) is 0 Å². The zero-order valence-corrected chi connectivity index (χ0v) is 18.6. The number of allylic oxidation sites excluding steroid dienone is 1. The van der Waals surface area contributed by atoms with Gasteiger partial charge in [-0.2, -0.15) is 0 Å². The number of benzene rings is 1. The molecule has 0 saturated heterocycles. The molecule has 0 bridgehead atoms. The van der Waals surface area contributed by atoms with Crippen LogP contribution in [0, 0.1) is 0 Å². The maximum atomic E-state index is 13.1. The molecule has 1 atom stereocenters. The van der Waals surface area contributed by atoms with Crippen molar-refractivity contribution in [3.05, 3.63) is 63.5 Å². The molecule has 1 aliphatic rings. The van der Waals surface area contributed by atoms with Crippen LogP contribution in [-0.4, -0.2) is 29.5 Å². The second-order valence-corrected chi connectivity index (χ2v) is 8.83. The molecule has 0 saturated carbocycles. The van der Waals surface area contributed by atoms with E-state index in [1.807, 2.05) is 42.6 Å². The first-order chi connectivity index (χ1) is 15.1. The van der Waals surface area contributed by atoms with Gasteiger partial charge in [-0.3, -0.25) is 4.79 Å². The molecule has 2 heterocycles. The average molecular weight is 435 g/mol. The van der Waals surface area contributed by atoms with Crippen molar-refractivity contribution in [3.63, 3.8) is 0 Å². The number of ether oxygens (including phenoxy) is 1. The van der Waals surface area contributed by atoms with Crippen LogP contribution in [0.4, 0.5) is 0 Å². The van der Waals surface area contributed by atoms with E-state index in [9.17, 15) is 9.59 Å². The molecule has 1 aromatic carbocycles. The minimum Gasteiger partial charge on any atom is -0.452 e. The molecule has 1 aliphatic carbocycles. The first kappa shape index (κ1) is 21.2. The van der Waals surface area contributed by atoms with Gasteiger partial charge >= 0.3 is 5.97 Å². The molecule has 0 spiro atoms. The molecule has 1 N–H and O–H groups in total. The quantitative estimate of drug-likeness (QED) is 0.516. The lowest BCUT2D eigenvalue weighted by Crippen LogP contribution is -2.35. The van der Waals surface area contributed by atoms with Crippen molar-refractivity contribution in [2.45, 2.75) is 45.6 Å². The van der Waals surface area contributed by atoms with Crippen molar-refractivity contribution in [1.29, 1.82) is 0 Å². The normalized spacial score (nSPS) is 15.1. The highest BCUT2D eigenvalue weighted by molar-refractivity contribution is 7.10. The van der Waals surface area contributed by atoms with Crippen molar-refractivity contribution >= 4 is 45.8 Å². The summed E-state index contributed by atoms with van der Waals surface area (Å²) in [5.41, 5.74) is 4.19. The third-order valence-electron chi connectivity index (χ3n) is 5.47. The Morgan fingerprint density at radius 2 is 2.06 bits per heavy atom. The lowest BCUT2D eigenvalue weighted by Gasteiger charge is -2.14. The Morgan fingerprint density at radius 1 is 1.23 bits per heavy atom. The Bertz CT molecular complexity index is 1140. The van der Waals surface area contributed by atoms with Crippen LogP contribution >= 0.6 is 11.3 Å². The standard InChI is InChI=1S/C25H26N2O3S/c1-3-7-16(2)26-22(28)15-30-25(29)23-19-9-4-5-10-21(19)27-24-17(11-12-20(23)24)14-18-8-6-13-31-18/h4-6,8-10,13-14,16H,3,7,11-12,15H2,1-2H3,(H,26,28)/b17-14-. The Labute approximate surface area is 186 Å². The molecule has 160 valence electrons. The van der Waals surface area contributed by atoms with E-state index in [4.69, 9.17) is 9.72 Å². The molecule has 1 unspecified atom stereocenters. The summed E-state index contributed by atoms with van der Waals surface area (Å²) in [6.07, 6.45) is 5.58. The fraction of sp³-hybridized carbons (Fsp3) is 0.320. The van der Waals surface area contributed by atoms with Gasteiger partial charge in [0.1, 0.15) is 0 Å². The fourth-order valence-electron chi connectivity index (χ4n) is 4.08. The van der Waals surface area contributed by atoms with Crippen molar-refractivity contribution in [2.75, 3.05) is 6.61 Å². The topological polar surface area (TPSA) is 68.3 Å². The van der Waals surface area contributed by atoms with Gasteiger partial charge in [0.05, 0.1) is 16.8 Å². The highest BCUT2D eigenvalue weighted by atomic mass is 32.1. The molecule has 5 nitrogen and oxygen atoms in total. The lowest BCUT2D eigenvalue weighted by atomic mass is 10.0. The van der Waals surface area contributed by atoms with Gasteiger partial charge < -0.3 is 10.1 Å². The molecule has 0 aliphatic heterocycles. The number of fused-ring (bicyclic) bond motifs is 2. The van der Waals surface area contributed by atoms with Gasteiger partial charge in [-0.05, 0) is 60.9 Å². The summed E-state index contributed by atoms with van der Waals surface area (Å²) in [5.74, 6) is -0.742. The van der Waals surface area contributed by atoms with Gasteiger partial charge in [-0.15, -0.1) is 11.3 Å². The summed E-state index contributed by atoms with van der Waals surface area (Å²) in [6.45, 7) is 3.74. The number of rotatable bonds is 7. The predicted octanol–water partition coefficient (Wildman–Crippen LogP) is 5.24. The predicted molar refractivity (Wildman–Crippen MR) is 125 cm³/mol. The van der Waals surface area contributed by atoms with E-state index in [-0.39, 0.29) is 18.6 Å². The summed E-state index contributed by atoms with van der Waals surface area (Å²) in [6, 6.07) is 11.8. The number of carbonyl (C=O) groups excluding carboxylic acids is 2. The smallest absolute Gasteiger partial charge is 0.339 e. The van der Waals surface area contributed by atoms with E-state index in [1.54, 1.807) is 11.3 Å². The van der Waals surface area contributed by atoms with Crippen molar-refractivity contribution in [2.24, 2.45) is 0 Å². The first-order valence-corrected chi connectivity index (χ1v) is 11.6. The van der Waals surface area contributed by atoms with Crippen molar-refractivity contribution in [1.82, 2.24) is 10.3 Å². The third kappa shape index (κ3) is 4.69. The van der Waals surface area contributed by atoms with E-state index in [2.05, 4.69) is 24.4 Å². The Balaban J connectivity index is 1.63. The van der Waals surface area contributed by atoms with Crippen LogP contribution in [-0.2, 0) is 16.0 Å². The Morgan fingerprint density at radius 3 is 2.84 bits per heavy atom. The molecular formula is C25H26N2O3S. The molecule has 3 aromatic rings. The van der Waals surface area contributed by atoms with Gasteiger partial charge in [-0.25, -0.2) is 9.78 Å². The lowest BCUT2D eigenvalue weighted by molar-refractivity contribution is -0.124. The van der Waals surface area contributed by atoms with Crippen LogP contribution in [0.25, 0.3) is 22.6 Å². The molecule has 4 rings (SSSR count). The minimum atomic E-state index is -0.467. The van der Waals surface area contributed by atoms with E-state index in [1.165, 1.54) is 4.88 Å². The van der Waals surface area contributed by atoms with Crippen molar-refractivity contribution < 1.29 is 14.3 Å². The maximum absolute atomic E-state index is 13.1. The van der Waals surface area contributed by atoms with Gasteiger partial charge in [0, 0.05) is 16.3 Å². The number of hydrogen-bond donors (Lipinski definition) is 1. The largest absolute Gasteiger partial charge is 0.452 e. The zero-order chi connectivity index (χ0) is 21.8. The summed E-state index contributed by atoms with van der Waals surface area (Å²) < 4.78 is 5.45. The SMILES string of the molecule is CCCC(C)NC(=O)COC(=O)c1c2c(nc3ccccc13)/C(=C\c1cccs1)CC2. The summed E-state index contributed by atoms with van der Waals surface area (Å²) >= 11 is 1.68. The molecule has 1 amide bonds. The Hall–Kier alpha value is -2.99. The molecule has 0 fully saturated rings. The zero-order valence-electron chi connectivity index (χ0n) is 17.8. The number of nitrogens with one attached hydrogen (secondary N) is 1. The van der Waals surface area contributed by atoms with Gasteiger partial charge in [0.15, 0.2) is 6.61 Å². The molecular weight excluding hydrogens is 408 g/mol. The van der Waals surface area contributed by atoms with Crippen LogP contribution in [0.3, 0.4) is 0 Å². The number of para-hydroxylation sites is 1. The number of hydrogen-bond acceptors (Lipinski definition) is 5. The van der Waals surface area contributed by atoms with Gasteiger partial charge in [-0.1, -0.05) is 37.6 Å². The fourth-order valence-corrected chi connectivity index (χ4v) is 4.76. The number of pyridine rings is 1. The monoisotopic (exact) mass is 434 g/mol.